The van der Waals surface area contributed by atoms with Gasteiger partial charge in [-0.3, -0.25) is 0 Å². The van der Waals surface area contributed by atoms with E-state index in [0.717, 1.165) is 21.5 Å². The Morgan fingerprint density at radius 2 is 2.19 bits per heavy atom. The summed E-state index contributed by atoms with van der Waals surface area (Å²) in [4.78, 5) is 1.29. The van der Waals surface area contributed by atoms with Crippen molar-refractivity contribution in [1.29, 1.82) is 0 Å². The molecule has 0 spiro atoms. The van der Waals surface area contributed by atoms with Gasteiger partial charge in [0, 0.05) is 27.6 Å². The van der Waals surface area contributed by atoms with Gasteiger partial charge in [-0.1, -0.05) is 12.1 Å². The van der Waals surface area contributed by atoms with E-state index in [2.05, 4.69) is 61.9 Å². The van der Waals surface area contributed by atoms with Crippen molar-refractivity contribution in [2.45, 2.75) is 13.0 Å². The summed E-state index contributed by atoms with van der Waals surface area (Å²) >= 11 is 5.33. The third kappa shape index (κ3) is 3.01. The summed E-state index contributed by atoms with van der Waals surface area (Å²) in [6.45, 7) is 2.16. The lowest BCUT2D eigenvalue weighted by atomic mass is 10.1. The molecular weight excluding hydrogens is 348 g/mol. The largest absolute Gasteiger partial charge is 0.378 e. The van der Waals surface area contributed by atoms with E-state index in [1.165, 1.54) is 4.88 Å². The van der Waals surface area contributed by atoms with E-state index in [4.69, 9.17) is 0 Å². The maximum Gasteiger partial charge on any atom is 0.163 e. The molecule has 21 heavy (non-hydrogen) atoms. The fourth-order valence-electron chi connectivity index (χ4n) is 2.22. The molecule has 0 radical (unpaired) electrons. The summed E-state index contributed by atoms with van der Waals surface area (Å²) in [5.41, 5.74) is 2.13. The third-order valence-corrected chi connectivity index (χ3v) is 5.31. The van der Waals surface area contributed by atoms with Gasteiger partial charge in [0.15, 0.2) is 5.82 Å². The number of nitrogens with one attached hydrogen (secondary N) is 1. The second kappa shape index (κ2) is 5.99. The van der Waals surface area contributed by atoms with E-state index in [1.54, 1.807) is 17.7 Å². The summed E-state index contributed by atoms with van der Waals surface area (Å²) in [5.74, 6) is 0.864. The molecule has 0 aliphatic heterocycles. The van der Waals surface area contributed by atoms with Gasteiger partial charge in [0.25, 0.3) is 0 Å². The summed E-state index contributed by atoms with van der Waals surface area (Å²) in [6, 6.07) is 10.6. The SMILES string of the molecule is CC(Nc1cccc(-c2nncn2C)c1)c1sccc1Br. The highest BCUT2D eigenvalue weighted by molar-refractivity contribution is 9.10. The van der Waals surface area contributed by atoms with Gasteiger partial charge < -0.3 is 9.88 Å². The van der Waals surface area contributed by atoms with Crippen LogP contribution >= 0.6 is 27.3 Å². The number of hydrogen-bond donors (Lipinski definition) is 1. The van der Waals surface area contributed by atoms with Crippen molar-refractivity contribution in [1.82, 2.24) is 14.8 Å². The second-order valence-electron chi connectivity index (χ2n) is 4.85. The first-order chi connectivity index (χ1) is 10.1. The predicted octanol–water partition coefficient (Wildman–Crippen LogP) is 4.48. The van der Waals surface area contributed by atoms with Gasteiger partial charge in [0.05, 0.1) is 6.04 Å². The quantitative estimate of drug-likeness (QED) is 0.743. The summed E-state index contributed by atoms with van der Waals surface area (Å²) < 4.78 is 3.07. The second-order valence-corrected chi connectivity index (χ2v) is 6.65. The summed E-state index contributed by atoms with van der Waals surface area (Å²) in [7, 11) is 1.95. The molecular formula is C15H15BrN4S. The first-order valence-electron chi connectivity index (χ1n) is 6.59. The van der Waals surface area contributed by atoms with E-state index in [0.29, 0.717) is 0 Å². The van der Waals surface area contributed by atoms with E-state index in [9.17, 15) is 0 Å². The Labute approximate surface area is 136 Å². The molecule has 0 saturated carbocycles. The highest BCUT2D eigenvalue weighted by Crippen LogP contribution is 2.31. The van der Waals surface area contributed by atoms with Crippen LogP contribution in [0.3, 0.4) is 0 Å². The standard InChI is InChI=1S/C15H15BrN4S/c1-10(14-13(16)6-7-21-14)18-12-5-3-4-11(8-12)15-19-17-9-20(15)2/h3-10,18H,1-2H3. The Hall–Kier alpha value is -1.66. The number of hydrogen-bond acceptors (Lipinski definition) is 4. The minimum atomic E-state index is 0.245. The molecule has 0 fully saturated rings. The molecule has 0 saturated heterocycles. The molecule has 6 heteroatoms. The number of benzene rings is 1. The van der Waals surface area contributed by atoms with E-state index >= 15 is 0 Å². The Balaban J connectivity index is 1.84. The van der Waals surface area contributed by atoms with Gasteiger partial charge >= 0.3 is 0 Å². The molecule has 0 aliphatic carbocycles. The number of rotatable bonds is 4. The number of anilines is 1. The van der Waals surface area contributed by atoms with E-state index in [1.807, 2.05) is 23.7 Å². The van der Waals surface area contributed by atoms with Crippen molar-refractivity contribution in [2.75, 3.05) is 5.32 Å². The highest BCUT2D eigenvalue weighted by atomic mass is 79.9. The number of thiophene rings is 1. The lowest BCUT2D eigenvalue weighted by molar-refractivity contribution is 0.902. The molecule has 2 aromatic heterocycles. The van der Waals surface area contributed by atoms with Crippen LogP contribution in [0.15, 0.2) is 46.5 Å². The molecule has 3 aromatic rings. The Morgan fingerprint density at radius 3 is 2.86 bits per heavy atom. The molecule has 1 unspecified atom stereocenters. The Morgan fingerprint density at radius 1 is 1.33 bits per heavy atom. The van der Waals surface area contributed by atoms with Crippen LogP contribution in [0.1, 0.15) is 17.8 Å². The van der Waals surface area contributed by atoms with Gasteiger partial charge in [-0.2, -0.15) is 0 Å². The Bertz CT molecular complexity index is 749. The first-order valence-corrected chi connectivity index (χ1v) is 8.26. The maximum absolute atomic E-state index is 4.15. The van der Waals surface area contributed by atoms with Crippen molar-refractivity contribution in [3.05, 3.63) is 51.4 Å². The van der Waals surface area contributed by atoms with Gasteiger partial charge in [0.2, 0.25) is 0 Å². The molecule has 2 heterocycles. The fourth-order valence-corrected chi connectivity index (χ4v) is 3.95. The molecule has 3 rings (SSSR count). The van der Waals surface area contributed by atoms with Crippen LogP contribution in [0.2, 0.25) is 0 Å². The van der Waals surface area contributed by atoms with E-state index in [-0.39, 0.29) is 6.04 Å². The van der Waals surface area contributed by atoms with Crippen molar-refractivity contribution < 1.29 is 0 Å². The van der Waals surface area contributed by atoms with Crippen LogP contribution in [-0.4, -0.2) is 14.8 Å². The minimum absolute atomic E-state index is 0.245. The average molecular weight is 363 g/mol. The summed E-state index contributed by atoms with van der Waals surface area (Å²) in [6.07, 6.45) is 1.71. The van der Waals surface area contributed by atoms with Crippen LogP contribution < -0.4 is 5.32 Å². The normalized spacial score (nSPS) is 12.3. The molecule has 1 aromatic carbocycles. The first kappa shape index (κ1) is 14.3. The molecule has 0 bridgehead atoms. The number of nitrogens with zero attached hydrogens (tertiary/aromatic N) is 3. The van der Waals surface area contributed by atoms with Gasteiger partial charge in [-0.15, -0.1) is 21.5 Å². The zero-order chi connectivity index (χ0) is 14.8. The van der Waals surface area contributed by atoms with Gasteiger partial charge in [-0.05, 0) is 46.4 Å². The van der Waals surface area contributed by atoms with Gasteiger partial charge in [0.1, 0.15) is 6.33 Å². The maximum atomic E-state index is 4.15. The van der Waals surface area contributed by atoms with Crippen molar-refractivity contribution in [3.63, 3.8) is 0 Å². The monoisotopic (exact) mass is 362 g/mol. The Kier molecular flexibility index (Phi) is 4.07. The number of aryl methyl sites for hydroxylation is 1. The molecule has 0 aliphatic rings. The van der Waals surface area contributed by atoms with Crippen molar-refractivity contribution in [2.24, 2.45) is 7.05 Å². The van der Waals surface area contributed by atoms with Crippen LogP contribution in [0.5, 0.6) is 0 Å². The zero-order valence-electron chi connectivity index (χ0n) is 11.7. The third-order valence-electron chi connectivity index (χ3n) is 3.25. The summed E-state index contributed by atoms with van der Waals surface area (Å²) in [5, 5.41) is 13.7. The molecule has 108 valence electrons. The van der Waals surface area contributed by atoms with E-state index < -0.39 is 0 Å². The molecule has 4 nitrogen and oxygen atoms in total. The highest BCUT2D eigenvalue weighted by Gasteiger charge is 2.11. The minimum Gasteiger partial charge on any atom is -0.378 e. The number of halogens is 1. The van der Waals surface area contributed by atoms with Crippen LogP contribution in [0.25, 0.3) is 11.4 Å². The van der Waals surface area contributed by atoms with Crippen LogP contribution in [0, 0.1) is 0 Å². The van der Waals surface area contributed by atoms with Crippen molar-refractivity contribution >= 4 is 33.0 Å². The average Bonchev–Trinajstić information content (AvgIpc) is 3.07. The molecule has 1 N–H and O–H groups in total. The zero-order valence-corrected chi connectivity index (χ0v) is 14.1. The molecule has 1 atom stereocenters. The topological polar surface area (TPSA) is 42.7 Å². The molecule has 0 amide bonds. The van der Waals surface area contributed by atoms with Gasteiger partial charge in [-0.25, -0.2) is 0 Å². The van der Waals surface area contributed by atoms with Crippen molar-refractivity contribution in [3.8, 4) is 11.4 Å². The predicted molar refractivity (Wildman–Crippen MR) is 90.5 cm³/mol. The smallest absolute Gasteiger partial charge is 0.163 e. The lowest BCUT2D eigenvalue weighted by Gasteiger charge is -2.15. The lowest BCUT2D eigenvalue weighted by Crippen LogP contribution is -2.05. The van der Waals surface area contributed by atoms with Crippen LogP contribution in [0.4, 0.5) is 5.69 Å². The fraction of sp³-hybridized carbons (Fsp3) is 0.200. The number of aromatic nitrogens is 3. The van der Waals surface area contributed by atoms with Crippen LogP contribution in [-0.2, 0) is 7.05 Å².